The van der Waals surface area contributed by atoms with Gasteiger partial charge in [-0.25, -0.2) is 0 Å². The summed E-state index contributed by atoms with van der Waals surface area (Å²) in [4.78, 5) is 4.53. The molecule has 0 aliphatic carbocycles. The van der Waals surface area contributed by atoms with Crippen LogP contribution in [0.2, 0.25) is 0 Å². The molecule has 3 aromatic heterocycles. The zero-order chi connectivity index (χ0) is 35.3. The topological polar surface area (TPSA) is 22.8 Å². The Kier molecular flexibility index (Phi) is 6.30. The summed E-state index contributed by atoms with van der Waals surface area (Å²) in [5.74, 6) is 0. The second-order valence-corrected chi connectivity index (χ2v) is 14.9. The maximum absolute atomic E-state index is 4.53. The molecule has 3 nitrogen and oxygen atoms in total. The van der Waals surface area contributed by atoms with Crippen LogP contribution in [0, 0.1) is 0 Å². The predicted octanol–water partition coefficient (Wildman–Crippen LogP) is 12.9. The molecule has 250 valence electrons. The second-order valence-electron chi connectivity index (χ2n) is 14.9. The van der Waals surface area contributed by atoms with Gasteiger partial charge in [-0.15, -0.1) is 0 Å². The third-order valence-electron chi connectivity index (χ3n) is 11.6. The van der Waals surface area contributed by atoms with Crippen LogP contribution in [0.3, 0.4) is 0 Å². The summed E-state index contributed by atoms with van der Waals surface area (Å²) in [5, 5.41) is 5.07. The van der Waals surface area contributed by atoms with Crippen molar-refractivity contribution in [2.24, 2.45) is 0 Å². The lowest BCUT2D eigenvalue weighted by atomic mass is 9.75. The number of pyridine rings is 1. The van der Waals surface area contributed by atoms with Crippen LogP contribution in [0.4, 0.5) is 0 Å². The average molecular weight is 678 g/mol. The highest BCUT2D eigenvalue weighted by molar-refractivity contribution is 6.13. The minimum Gasteiger partial charge on any atom is -0.309 e. The zero-order valence-electron chi connectivity index (χ0n) is 29.6. The summed E-state index contributed by atoms with van der Waals surface area (Å²) in [6.45, 7) is 4.64. The Morgan fingerprint density at radius 2 is 1.00 bits per heavy atom. The summed E-state index contributed by atoms with van der Waals surface area (Å²) >= 11 is 0. The molecule has 0 amide bonds. The molecule has 0 spiro atoms. The van der Waals surface area contributed by atoms with Crippen LogP contribution in [0.5, 0.6) is 0 Å². The van der Waals surface area contributed by atoms with E-state index in [2.05, 4.69) is 192 Å². The summed E-state index contributed by atoms with van der Waals surface area (Å²) in [6, 6.07) is 60.1. The second kappa shape index (κ2) is 11.1. The highest BCUT2D eigenvalue weighted by Crippen LogP contribution is 2.47. The minimum atomic E-state index is -0.136. The minimum absolute atomic E-state index is 0.136. The Morgan fingerprint density at radius 3 is 1.66 bits per heavy atom. The molecule has 0 saturated heterocycles. The van der Waals surface area contributed by atoms with Crippen molar-refractivity contribution in [1.29, 1.82) is 0 Å². The monoisotopic (exact) mass is 677 g/mol. The van der Waals surface area contributed by atoms with Crippen molar-refractivity contribution in [3.63, 3.8) is 0 Å². The zero-order valence-corrected chi connectivity index (χ0v) is 29.6. The van der Waals surface area contributed by atoms with Gasteiger partial charge in [-0.3, -0.25) is 4.98 Å². The smallest absolute Gasteiger partial charge is 0.0582 e. The normalized spacial score (nSPS) is 13.2. The quantitative estimate of drug-likeness (QED) is 0.182. The molecule has 53 heavy (non-hydrogen) atoms. The Hall–Kier alpha value is -6.71. The average Bonchev–Trinajstić information content (AvgIpc) is 3.73. The molecule has 10 aromatic rings. The van der Waals surface area contributed by atoms with Crippen molar-refractivity contribution in [3.05, 3.63) is 187 Å². The molecule has 7 aromatic carbocycles. The van der Waals surface area contributed by atoms with Gasteiger partial charge >= 0.3 is 0 Å². The fourth-order valence-electron chi connectivity index (χ4n) is 8.93. The van der Waals surface area contributed by atoms with Crippen LogP contribution >= 0.6 is 0 Å². The third-order valence-corrected chi connectivity index (χ3v) is 11.6. The first-order chi connectivity index (χ1) is 26.0. The number of aromatic nitrogens is 3. The van der Waals surface area contributed by atoms with Gasteiger partial charge < -0.3 is 9.13 Å². The molecule has 0 unspecified atom stereocenters. The number of rotatable bonds is 4. The maximum atomic E-state index is 4.53. The number of nitrogens with zero attached hydrogens (tertiary/aromatic N) is 3. The molecule has 11 rings (SSSR count). The Labute approximate surface area is 308 Å². The van der Waals surface area contributed by atoms with Gasteiger partial charge in [-0.05, 0) is 81.4 Å². The molecule has 1 aliphatic heterocycles. The van der Waals surface area contributed by atoms with Gasteiger partial charge in [0, 0.05) is 50.6 Å². The summed E-state index contributed by atoms with van der Waals surface area (Å²) in [7, 11) is 0. The van der Waals surface area contributed by atoms with Crippen LogP contribution < -0.4 is 0 Å². The number of hydrogen-bond donors (Lipinski definition) is 0. The highest BCUT2D eigenvalue weighted by Gasteiger charge is 2.35. The van der Waals surface area contributed by atoms with Gasteiger partial charge in [0.25, 0.3) is 0 Å². The van der Waals surface area contributed by atoms with E-state index in [0.717, 1.165) is 5.69 Å². The van der Waals surface area contributed by atoms with Gasteiger partial charge in [-0.2, -0.15) is 0 Å². The summed E-state index contributed by atoms with van der Waals surface area (Å²) < 4.78 is 4.89. The van der Waals surface area contributed by atoms with E-state index >= 15 is 0 Å². The van der Waals surface area contributed by atoms with Gasteiger partial charge in [0.1, 0.15) is 0 Å². The van der Waals surface area contributed by atoms with E-state index in [1.54, 1.807) is 0 Å². The molecule has 0 N–H and O–H groups in total. The first-order valence-electron chi connectivity index (χ1n) is 18.4. The van der Waals surface area contributed by atoms with E-state index in [0.29, 0.717) is 0 Å². The van der Waals surface area contributed by atoms with Crippen molar-refractivity contribution >= 4 is 43.6 Å². The van der Waals surface area contributed by atoms with Crippen molar-refractivity contribution < 1.29 is 0 Å². The molecule has 3 heteroatoms. The lowest BCUT2D eigenvalue weighted by Crippen LogP contribution is -2.26. The molecular formula is C50H35N3. The Bertz CT molecular complexity index is 2960. The summed E-state index contributed by atoms with van der Waals surface area (Å²) in [6.07, 6.45) is 3.96. The van der Waals surface area contributed by atoms with Crippen molar-refractivity contribution in [3.8, 4) is 44.8 Å². The summed E-state index contributed by atoms with van der Waals surface area (Å²) in [5.41, 5.74) is 17.0. The molecule has 0 saturated carbocycles. The molecule has 0 radical (unpaired) electrons. The van der Waals surface area contributed by atoms with E-state index in [1.807, 2.05) is 12.4 Å². The number of benzene rings is 7. The molecular weight excluding hydrogens is 643 g/mol. The van der Waals surface area contributed by atoms with E-state index < -0.39 is 0 Å². The SMILES string of the molecule is CC1(C)c2cnccc2-n2c3ccc(-c4ccc(-n5c6cc(-c7ccccc7)ccc6c6ccc(-c7ccccc7)cc65)cc4)cc3c3cccc1c32. The first kappa shape index (κ1) is 30.0. The van der Waals surface area contributed by atoms with Crippen LogP contribution in [-0.4, -0.2) is 14.1 Å². The van der Waals surface area contributed by atoms with Crippen molar-refractivity contribution in [1.82, 2.24) is 14.1 Å². The van der Waals surface area contributed by atoms with E-state index in [-0.39, 0.29) is 5.41 Å². The lowest BCUT2D eigenvalue weighted by molar-refractivity contribution is 0.626. The molecule has 1 aliphatic rings. The first-order valence-corrected chi connectivity index (χ1v) is 18.4. The van der Waals surface area contributed by atoms with Crippen molar-refractivity contribution in [2.45, 2.75) is 19.3 Å². The molecule has 4 heterocycles. The standard InChI is InChI=1S/C50H35N3/c1-50(2)43-15-9-14-41-42-28-35(20-25-45(42)53(49(41)43)46-26-27-51-31-44(46)50)34-16-21-38(22-17-34)52-47-29-36(32-10-5-3-6-11-32)18-23-39(47)40-24-19-37(30-48(40)52)33-12-7-4-8-13-33/h3-31H,1-2H3. The fraction of sp³-hybridized carbons (Fsp3) is 0.0600. The highest BCUT2D eigenvalue weighted by atomic mass is 15.0. The van der Waals surface area contributed by atoms with Gasteiger partial charge in [-0.1, -0.05) is 135 Å². The van der Waals surface area contributed by atoms with E-state index in [4.69, 9.17) is 0 Å². The van der Waals surface area contributed by atoms with Crippen LogP contribution in [0.1, 0.15) is 25.0 Å². The van der Waals surface area contributed by atoms with Gasteiger partial charge in [0.2, 0.25) is 0 Å². The Morgan fingerprint density at radius 1 is 0.415 bits per heavy atom. The van der Waals surface area contributed by atoms with Gasteiger partial charge in [0.15, 0.2) is 0 Å². The molecule has 0 atom stereocenters. The van der Waals surface area contributed by atoms with Crippen molar-refractivity contribution in [2.75, 3.05) is 0 Å². The number of hydrogen-bond acceptors (Lipinski definition) is 1. The van der Waals surface area contributed by atoms with E-state index in [1.165, 1.54) is 93.8 Å². The fourth-order valence-corrected chi connectivity index (χ4v) is 8.93. The van der Waals surface area contributed by atoms with Crippen LogP contribution in [0.25, 0.3) is 88.4 Å². The van der Waals surface area contributed by atoms with Crippen LogP contribution in [0.15, 0.2) is 176 Å². The number of para-hydroxylation sites is 1. The third kappa shape index (κ3) is 4.37. The predicted molar refractivity (Wildman–Crippen MR) is 221 cm³/mol. The molecule has 0 fully saturated rings. The Balaban J connectivity index is 1.08. The largest absolute Gasteiger partial charge is 0.309 e. The van der Waals surface area contributed by atoms with Crippen LogP contribution in [-0.2, 0) is 5.41 Å². The number of fused-ring (bicyclic) bond motifs is 8. The van der Waals surface area contributed by atoms with Gasteiger partial charge in [0.05, 0.1) is 27.8 Å². The maximum Gasteiger partial charge on any atom is 0.0582 e. The molecule has 0 bridgehead atoms. The van der Waals surface area contributed by atoms with E-state index in [9.17, 15) is 0 Å². The lowest BCUT2D eigenvalue weighted by Gasteiger charge is -2.34.